The second-order valence-electron chi connectivity index (χ2n) is 3.43. The van der Waals surface area contributed by atoms with Crippen LogP contribution in [0.3, 0.4) is 0 Å². The largest absolute Gasteiger partial charge is 0.314 e. The number of carbonyl (C=O) groups excluding carboxylic acids is 1. The molecule has 0 saturated carbocycles. The number of nitrogens with one attached hydrogen (secondary N) is 1. The average molecular weight is 322 g/mol. The van der Waals surface area contributed by atoms with Gasteiger partial charge in [-0.25, -0.2) is 0 Å². The summed E-state index contributed by atoms with van der Waals surface area (Å²) in [5.41, 5.74) is 1.09. The van der Waals surface area contributed by atoms with Gasteiger partial charge in [-0.1, -0.05) is 0 Å². The molecule has 0 spiro atoms. The Bertz CT molecular complexity index is 618. The molecule has 0 radical (unpaired) electrons. The van der Waals surface area contributed by atoms with Crippen molar-refractivity contribution < 1.29 is 4.79 Å². The second kappa shape index (κ2) is 5.76. The van der Waals surface area contributed by atoms with Crippen molar-refractivity contribution in [3.63, 3.8) is 0 Å². The summed E-state index contributed by atoms with van der Waals surface area (Å²) in [7, 11) is 0. The smallest absolute Gasteiger partial charge is 0.256 e. The molecule has 2 rings (SSSR count). The molecule has 0 aliphatic rings. The topological polar surface area (TPSA) is 65.8 Å². The molecule has 0 unspecified atom stereocenters. The molecule has 1 N–H and O–H groups in total. The maximum absolute atomic E-state index is 11.9. The Balaban J connectivity index is 2.14. The first-order valence-corrected chi connectivity index (χ1v) is 6.68. The van der Waals surface area contributed by atoms with E-state index in [2.05, 4.69) is 26.2 Å². The van der Waals surface area contributed by atoms with Gasteiger partial charge in [0.05, 0.1) is 27.0 Å². The summed E-state index contributed by atoms with van der Waals surface area (Å²) >= 11 is 4.77. The number of rotatable bonds is 3. The number of amides is 1. The maximum atomic E-state index is 11.9. The van der Waals surface area contributed by atoms with Crippen LogP contribution in [0, 0.1) is 11.3 Å². The highest BCUT2D eigenvalue weighted by molar-refractivity contribution is 9.11. The summed E-state index contributed by atoms with van der Waals surface area (Å²) < 4.78 is 0.956. The quantitative estimate of drug-likeness (QED) is 0.943. The van der Waals surface area contributed by atoms with Crippen molar-refractivity contribution in [2.45, 2.75) is 6.42 Å². The zero-order chi connectivity index (χ0) is 13.0. The van der Waals surface area contributed by atoms with E-state index >= 15 is 0 Å². The van der Waals surface area contributed by atoms with E-state index < -0.39 is 0 Å². The summed E-state index contributed by atoms with van der Waals surface area (Å²) in [6.07, 6.45) is 1.73. The highest BCUT2D eigenvalue weighted by atomic mass is 79.9. The average Bonchev–Trinajstić information content (AvgIpc) is 2.75. The number of halogens is 1. The lowest BCUT2D eigenvalue weighted by molar-refractivity contribution is 0.102. The van der Waals surface area contributed by atoms with Crippen LogP contribution in [0.1, 0.15) is 16.1 Å². The van der Waals surface area contributed by atoms with Crippen molar-refractivity contribution in [1.82, 2.24) is 4.98 Å². The molecule has 0 fully saturated rings. The van der Waals surface area contributed by atoms with Gasteiger partial charge in [0.15, 0.2) is 0 Å². The molecular formula is C12H8BrN3OS. The van der Waals surface area contributed by atoms with Gasteiger partial charge in [0.1, 0.15) is 0 Å². The van der Waals surface area contributed by atoms with Crippen LogP contribution in [0.2, 0.25) is 0 Å². The summed E-state index contributed by atoms with van der Waals surface area (Å²) in [5.74, 6) is -0.203. The molecule has 0 aliphatic carbocycles. The third-order valence-electron chi connectivity index (χ3n) is 2.15. The van der Waals surface area contributed by atoms with E-state index in [9.17, 15) is 4.79 Å². The zero-order valence-electron chi connectivity index (χ0n) is 9.18. The van der Waals surface area contributed by atoms with Crippen LogP contribution in [-0.4, -0.2) is 10.9 Å². The molecule has 6 heteroatoms. The minimum atomic E-state index is -0.203. The van der Waals surface area contributed by atoms with Crippen molar-refractivity contribution in [1.29, 1.82) is 5.26 Å². The maximum Gasteiger partial charge on any atom is 0.256 e. The molecule has 1 amide bonds. The molecule has 2 aromatic rings. The van der Waals surface area contributed by atoms with E-state index in [-0.39, 0.29) is 12.3 Å². The fraction of sp³-hybridized carbons (Fsp3) is 0.0833. The fourth-order valence-corrected chi connectivity index (χ4v) is 2.64. The monoisotopic (exact) mass is 321 g/mol. The number of thiophene rings is 1. The summed E-state index contributed by atoms with van der Waals surface area (Å²) in [5, 5.41) is 12.1. The zero-order valence-corrected chi connectivity index (χ0v) is 11.6. The number of hydrogen-bond acceptors (Lipinski definition) is 4. The summed E-state index contributed by atoms with van der Waals surface area (Å²) in [6.45, 7) is 0. The molecule has 4 nitrogen and oxygen atoms in total. The highest BCUT2D eigenvalue weighted by Gasteiger charge is 2.08. The van der Waals surface area contributed by atoms with Gasteiger partial charge in [-0.15, -0.1) is 11.3 Å². The SMILES string of the molecule is N#CCc1cc(C(=O)Nc2ccc(Br)s2)ccn1. The second-order valence-corrected chi connectivity index (χ2v) is 5.89. The van der Waals surface area contributed by atoms with Gasteiger partial charge in [0.2, 0.25) is 0 Å². The third kappa shape index (κ3) is 3.15. The van der Waals surface area contributed by atoms with Crippen molar-refractivity contribution in [3.8, 4) is 6.07 Å². The van der Waals surface area contributed by atoms with E-state index in [0.717, 1.165) is 8.79 Å². The molecule has 0 saturated heterocycles. The Kier molecular flexibility index (Phi) is 4.07. The lowest BCUT2D eigenvalue weighted by atomic mass is 10.2. The van der Waals surface area contributed by atoms with Crippen LogP contribution in [0.15, 0.2) is 34.2 Å². The lowest BCUT2D eigenvalue weighted by Crippen LogP contribution is -2.11. The van der Waals surface area contributed by atoms with Crippen LogP contribution in [0.5, 0.6) is 0 Å². The number of nitrogens with zero attached hydrogens (tertiary/aromatic N) is 2. The highest BCUT2D eigenvalue weighted by Crippen LogP contribution is 2.26. The van der Waals surface area contributed by atoms with E-state index in [4.69, 9.17) is 5.26 Å². The molecular weight excluding hydrogens is 314 g/mol. The predicted octanol–water partition coefficient (Wildman–Crippen LogP) is 3.22. The number of aromatic nitrogens is 1. The Morgan fingerprint density at radius 1 is 1.50 bits per heavy atom. The van der Waals surface area contributed by atoms with Gasteiger partial charge in [-0.3, -0.25) is 9.78 Å². The van der Waals surface area contributed by atoms with Gasteiger partial charge in [0.25, 0.3) is 5.91 Å². The number of carbonyl (C=O) groups is 1. The number of hydrogen-bond donors (Lipinski definition) is 1. The molecule has 0 aliphatic heterocycles. The minimum Gasteiger partial charge on any atom is -0.314 e. The van der Waals surface area contributed by atoms with Crippen molar-refractivity contribution in [3.05, 3.63) is 45.5 Å². The summed E-state index contributed by atoms with van der Waals surface area (Å²) in [4.78, 5) is 16.0. The number of nitriles is 1. The fourth-order valence-electron chi connectivity index (χ4n) is 1.36. The van der Waals surface area contributed by atoms with E-state index in [1.807, 2.05) is 18.2 Å². The van der Waals surface area contributed by atoms with E-state index in [1.165, 1.54) is 17.5 Å². The number of anilines is 1. The first-order valence-electron chi connectivity index (χ1n) is 5.07. The van der Waals surface area contributed by atoms with E-state index in [0.29, 0.717) is 11.3 Å². The van der Waals surface area contributed by atoms with Crippen LogP contribution in [-0.2, 0) is 6.42 Å². The first-order chi connectivity index (χ1) is 8.69. The minimum absolute atomic E-state index is 0.200. The van der Waals surface area contributed by atoms with Crippen molar-refractivity contribution >= 4 is 38.2 Å². The Morgan fingerprint density at radius 3 is 3.00 bits per heavy atom. The van der Waals surface area contributed by atoms with Gasteiger partial charge in [0, 0.05) is 11.8 Å². The summed E-state index contributed by atoms with van der Waals surface area (Å²) in [6, 6.07) is 8.95. The van der Waals surface area contributed by atoms with Crippen LogP contribution >= 0.6 is 27.3 Å². The van der Waals surface area contributed by atoms with Crippen molar-refractivity contribution in [2.75, 3.05) is 5.32 Å². The van der Waals surface area contributed by atoms with Crippen LogP contribution in [0.4, 0.5) is 5.00 Å². The predicted molar refractivity (Wildman–Crippen MR) is 73.5 cm³/mol. The molecule has 0 aromatic carbocycles. The Hall–Kier alpha value is -1.71. The lowest BCUT2D eigenvalue weighted by Gasteiger charge is -2.03. The van der Waals surface area contributed by atoms with Gasteiger partial charge in [-0.05, 0) is 40.2 Å². The molecule has 0 atom stereocenters. The molecule has 2 heterocycles. The first kappa shape index (κ1) is 12.7. The van der Waals surface area contributed by atoms with Crippen molar-refractivity contribution in [2.24, 2.45) is 0 Å². The standard InChI is InChI=1S/C12H8BrN3OS/c13-10-1-2-11(18-10)16-12(17)8-4-6-15-9(7-8)3-5-14/h1-2,4,6-7H,3H2,(H,16,17). The number of pyridine rings is 1. The van der Waals surface area contributed by atoms with Gasteiger partial charge < -0.3 is 5.32 Å². The van der Waals surface area contributed by atoms with Crippen LogP contribution < -0.4 is 5.32 Å². The third-order valence-corrected chi connectivity index (χ3v) is 3.69. The molecule has 2 aromatic heterocycles. The molecule has 18 heavy (non-hydrogen) atoms. The van der Waals surface area contributed by atoms with Crippen LogP contribution in [0.25, 0.3) is 0 Å². The molecule has 90 valence electrons. The van der Waals surface area contributed by atoms with E-state index in [1.54, 1.807) is 12.1 Å². The normalized spacial score (nSPS) is 9.78. The van der Waals surface area contributed by atoms with Gasteiger partial charge >= 0.3 is 0 Å². The van der Waals surface area contributed by atoms with Gasteiger partial charge in [-0.2, -0.15) is 5.26 Å². The Labute approximate surface area is 116 Å². The Morgan fingerprint density at radius 2 is 2.33 bits per heavy atom. The molecule has 0 bridgehead atoms.